The third-order valence-corrected chi connectivity index (χ3v) is 3.88. The molecule has 0 aliphatic heterocycles. The monoisotopic (exact) mass is 293 g/mol. The standard InChI is InChI=1S/C18H31NO2/c1-6-14-19-17(18(3,4)21-7-2)13-10-15-8-11-16(20-5)12-9-15/h8-9,11-12,17,19H,6-7,10,13-14H2,1-5H3. The molecule has 0 radical (unpaired) electrons. The fraction of sp³-hybridized carbons (Fsp3) is 0.667. The summed E-state index contributed by atoms with van der Waals surface area (Å²) in [6, 6.07) is 8.70. The Morgan fingerprint density at radius 1 is 1.14 bits per heavy atom. The fourth-order valence-corrected chi connectivity index (χ4v) is 2.59. The highest BCUT2D eigenvalue weighted by molar-refractivity contribution is 5.27. The van der Waals surface area contributed by atoms with E-state index < -0.39 is 0 Å². The van der Waals surface area contributed by atoms with Gasteiger partial charge in [-0.2, -0.15) is 0 Å². The van der Waals surface area contributed by atoms with Crippen LogP contribution in [0.4, 0.5) is 0 Å². The molecule has 1 aromatic carbocycles. The quantitative estimate of drug-likeness (QED) is 0.711. The Labute approximate surface area is 130 Å². The third-order valence-electron chi connectivity index (χ3n) is 3.88. The van der Waals surface area contributed by atoms with E-state index >= 15 is 0 Å². The predicted octanol–water partition coefficient (Wildman–Crippen LogP) is 3.81. The number of ether oxygens (including phenoxy) is 2. The minimum atomic E-state index is -0.142. The first-order valence-corrected chi connectivity index (χ1v) is 8.03. The van der Waals surface area contributed by atoms with Gasteiger partial charge in [0.15, 0.2) is 0 Å². The van der Waals surface area contributed by atoms with Crippen LogP contribution in [0.2, 0.25) is 0 Å². The molecule has 0 fully saturated rings. The van der Waals surface area contributed by atoms with Gasteiger partial charge >= 0.3 is 0 Å². The molecule has 0 spiro atoms. The second-order valence-electron chi connectivity index (χ2n) is 5.93. The van der Waals surface area contributed by atoms with Gasteiger partial charge in [-0.25, -0.2) is 0 Å². The second-order valence-corrected chi connectivity index (χ2v) is 5.93. The van der Waals surface area contributed by atoms with Crippen molar-refractivity contribution in [1.29, 1.82) is 0 Å². The highest BCUT2D eigenvalue weighted by atomic mass is 16.5. The van der Waals surface area contributed by atoms with Crippen molar-refractivity contribution in [2.45, 2.75) is 58.6 Å². The average Bonchev–Trinajstić information content (AvgIpc) is 2.47. The summed E-state index contributed by atoms with van der Waals surface area (Å²) in [6.45, 7) is 10.4. The van der Waals surface area contributed by atoms with E-state index in [1.807, 2.05) is 12.1 Å². The first-order chi connectivity index (χ1) is 10.0. The average molecular weight is 293 g/mol. The van der Waals surface area contributed by atoms with Crippen LogP contribution < -0.4 is 10.1 Å². The zero-order chi connectivity index (χ0) is 15.7. The largest absolute Gasteiger partial charge is 0.497 e. The minimum Gasteiger partial charge on any atom is -0.497 e. The van der Waals surface area contributed by atoms with E-state index in [4.69, 9.17) is 9.47 Å². The van der Waals surface area contributed by atoms with Gasteiger partial charge in [0.1, 0.15) is 5.75 Å². The topological polar surface area (TPSA) is 30.5 Å². The van der Waals surface area contributed by atoms with E-state index in [0.29, 0.717) is 6.04 Å². The highest BCUT2D eigenvalue weighted by Crippen LogP contribution is 2.21. The lowest BCUT2D eigenvalue weighted by atomic mass is 9.92. The van der Waals surface area contributed by atoms with E-state index in [-0.39, 0.29) is 5.60 Å². The van der Waals surface area contributed by atoms with Crippen molar-refractivity contribution in [2.24, 2.45) is 0 Å². The summed E-state index contributed by atoms with van der Waals surface area (Å²) in [5.74, 6) is 0.911. The summed E-state index contributed by atoms with van der Waals surface area (Å²) >= 11 is 0. The van der Waals surface area contributed by atoms with Crippen molar-refractivity contribution in [3.8, 4) is 5.75 Å². The van der Waals surface area contributed by atoms with Crippen LogP contribution in [0, 0.1) is 0 Å². The van der Waals surface area contributed by atoms with Gasteiger partial charge in [0.25, 0.3) is 0 Å². The SMILES string of the molecule is CCCNC(CCc1ccc(OC)cc1)C(C)(C)OCC. The Hall–Kier alpha value is -1.06. The van der Waals surface area contributed by atoms with Gasteiger partial charge in [-0.1, -0.05) is 19.1 Å². The van der Waals surface area contributed by atoms with Crippen molar-refractivity contribution < 1.29 is 9.47 Å². The number of methoxy groups -OCH3 is 1. The molecular formula is C18H31NO2. The molecule has 0 heterocycles. The summed E-state index contributed by atoms with van der Waals surface area (Å²) in [5, 5.41) is 3.64. The highest BCUT2D eigenvalue weighted by Gasteiger charge is 2.29. The normalized spacial score (nSPS) is 13.2. The maximum atomic E-state index is 5.93. The van der Waals surface area contributed by atoms with Crippen molar-refractivity contribution in [1.82, 2.24) is 5.32 Å². The van der Waals surface area contributed by atoms with Crippen LogP contribution in [0.25, 0.3) is 0 Å². The summed E-state index contributed by atoms with van der Waals surface area (Å²) < 4.78 is 11.1. The lowest BCUT2D eigenvalue weighted by Gasteiger charge is -2.35. The Balaban J connectivity index is 2.62. The van der Waals surface area contributed by atoms with Crippen LogP contribution in [-0.2, 0) is 11.2 Å². The molecule has 0 aliphatic carbocycles. The zero-order valence-corrected chi connectivity index (χ0v) is 14.2. The maximum Gasteiger partial charge on any atom is 0.118 e. The van der Waals surface area contributed by atoms with Crippen LogP contribution >= 0.6 is 0 Å². The number of benzene rings is 1. The first-order valence-electron chi connectivity index (χ1n) is 8.03. The predicted molar refractivity (Wildman–Crippen MR) is 89.1 cm³/mol. The van der Waals surface area contributed by atoms with Gasteiger partial charge in [-0.15, -0.1) is 0 Å². The second kappa shape index (κ2) is 9.06. The molecule has 0 aromatic heterocycles. The Morgan fingerprint density at radius 3 is 2.33 bits per heavy atom. The Kier molecular flexibility index (Phi) is 7.76. The van der Waals surface area contributed by atoms with E-state index in [1.165, 1.54) is 5.56 Å². The summed E-state index contributed by atoms with van der Waals surface area (Å²) in [6.07, 6.45) is 3.25. The zero-order valence-electron chi connectivity index (χ0n) is 14.2. The first kappa shape index (κ1) is 18.0. The lowest BCUT2D eigenvalue weighted by molar-refractivity contribution is -0.0399. The molecule has 3 nitrogen and oxygen atoms in total. The molecule has 1 aromatic rings. The smallest absolute Gasteiger partial charge is 0.118 e. The van der Waals surface area contributed by atoms with E-state index in [0.717, 1.165) is 38.2 Å². The number of aryl methyl sites for hydroxylation is 1. The molecule has 0 bridgehead atoms. The molecule has 3 heteroatoms. The van der Waals surface area contributed by atoms with Gasteiger partial charge < -0.3 is 14.8 Å². The molecule has 21 heavy (non-hydrogen) atoms. The van der Waals surface area contributed by atoms with Gasteiger partial charge in [-0.05, 0) is 64.3 Å². The van der Waals surface area contributed by atoms with Crippen molar-refractivity contribution in [2.75, 3.05) is 20.3 Å². The number of hydrogen-bond donors (Lipinski definition) is 1. The Morgan fingerprint density at radius 2 is 1.81 bits per heavy atom. The molecule has 0 saturated carbocycles. The summed E-state index contributed by atoms with van der Waals surface area (Å²) in [7, 11) is 1.70. The number of hydrogen-bond acceptors (Lipinski definition) is 3. The van der Waals surface area contributed by atoms with Crippen LogP contribution in [0.5, 0.6) is 5.75 Å². The molecule has 1 rings (SSSR count). The molecular weight excluding hydrogens is 262 g/mol. The molecule has 120 valence electrons. The van der Waals surface area contributed by atoms with Crippen molar-refractivity contribution in [3.05, 3.63) is 29.8 Å². The number of rotatable bonds is 10. The molecule has 0 saturated heterocycles. The van der Waals surface area contributed by atoms with E-state index in [2.05, 4.69) is 45.1 Å². The molecule has 1 unspecified atom stereocenters. The van der Waals surface area contributed by atoms with Crippen LogP contribution in [0.3, 0.4) is 0 Å². The van der Waals surface area contributed by atoms with Gasteiger partial charge in [0, 0.05) is 12.6 Å². The van der Waals surface area contributed by atoms with Gasteiger partial charge in [-0.3, -0.25) is 0 Å². The Bertz CT molecular complexity index is 387. The fourth-order valence-electron chi connectivity index (χ4n) is 2.59. The van der Waals surface area contributed by atoms with Crippen LogP contribution in [-0.4, -0.2) is 31.9 Å². The molecule has 1 N–H and O–H groups in total. The minimum absolute atomic E-state index is 0.142. The van der Waals surface area contributed by atoms with Gasteiger partial charge in [0.2, 0.25) is 0 Å². The molecule has 0 amide bonds. The molecule has 1 atom stereocenters. The van der Waals surface area contributed by atoms with E-state index in [9.17, 15) is 0 Å². The van der Waals surface area contributed by atoms with Crippen molar-refractivity contribution in [3.63, 3.8) is 0 Å². The third kappa shape index (κ3) is 6.06. The summed E-state index contributed by atoms with van der Waals surface area (Å²) in [4.78, 5) is 0. The number of nitrogens with one attached hydrogen (secondary N) is 1. The summed E-state index contributed by atoms with van der Waals surface area (Å²) in [5.41, 5.74) is 1.20. The van der Waals surface area contributed by atoms with Crippen LogP contribution in [0.1, 0.15) is 46.1 Å². The van der Waals surface area contributed by atoms with Crippen molar-refractivity contribution >= 4 is 0 Å². The van der Waals surface area contributed by atoms with Gasteiger partial charge in [0.05, 0.1) is 12.7 Å². The maximum absolute atomic E-state index is 5.93. The lowest BCUT2D eigenvalue weighted by Crippen LogP contribution is -2.49. The van der Waals surface area contributed by atoms with Crippen LogP contribution in [0.15, 0.2) is 24.3 Å². The van der Waals surface area contributed by atoms with E-state index in [1.54, 1.807) is 7.11 Å². The molecule has 0 aliphatic rings.